The number of rotatable bonds is 5. The van der Waals surface area contributed by atoms with E-state index in [0.717, 1.165) is 11.5 Å². The Bertz CT molecular complexity index is 537. The topological polar surface area (TPSA) is 91.2 Å². The minimum absolute atomic E-state index is 0.143. The van der Waals surface area contributed by atoms with Gasteiger partial charge in [-0.2, -0.15) is 0 Å². The highest BCUT2D eigenvalue weighted by Crippen LogP contribution is 2.21. The molecule has 0 saturated carbocycles. The molecule has 0 fully saturated rings. The zero-order chi connectivity index (χ0) is 13.0. The van der Waals surface area contributed by atoms with E-state index in [1.165, 1.54) is 11.8 Å². The molecule has 0 aliphatic rings. The Balaban J connectivity index is 1.92. The first-order chi connectivity index (χ1) is 8.69. The fourth-order valence-electron chi connectivity index (χ4n) is 1.17. The quantitative estimate of drug-likeness (QED) is 0.599. The van der Waals surface area contributed by atoms with Crippen molar-refractivity contribution >= 4 is 17.7 Å². The zero-order valence-corrected chi connectivity index (χ0v) is 10.7. The lowest BCUT2D eigenvalue weighted by Gasteiger charge is -1.94. The highest BCUT2D eigenvalue weighted by molar-refractivity contribution is 7.98. The fourth-order valence-corrected chi connectivity index (χ4v) is 1.81. The van der Waals surface area contributed by atoms with Gasteiger partial charge in [0.25, 0.3) is 5.22 Å². The number of hydrogen-bond donors (Lipinski definition) is 0. The molecule has 0 amide bonds. The van der Waals surface area contributed by atoms with E-state index in [9.17, 15) is 4.79 Å². The molecule has 0 aliphatic carbocycles. The molecular weight excluding hydrogens is 258 g/mol. The number of hydrogen-bond acceptors (Lipinski definition) is 8. The van der Waals surface area contributed by atoms with E-state index in [0.29, 0.717) is 11.0 Å². The summed E-state index contributed by atoms with van der Waals surface area (Å²) < 4.78 is 14.8. The second-order valence-corrected chi connectivity index (χ2v) is 4.24. The van der Waals surface area contributed by atoms with E-state index >= 15 is 0 Å². The predicted molar refractivity (Wildman–Crippen MR) is 61.1 cm³/mol. The van der Waals surface area contributed by atoms with Gasteiger partial charge in [0, 0.05) is 11.8 Å². The van der Waals surface area contributed by atoms with Crippen molar-refractivity contribution in [2.45, 2.75) is 24.8 Å². The molecule has 96 valence electrons. The molecule has 0 spiro atoms. The summed E-state index contributed by atoms with van der Waals surface area (Å²) >= 11 is 1.27. The molecule has 8 heteroatoms. The van der Waals surface area contributed by atoms with Crippen LogP contribution in [0.2, 0.25) is 0 Å². The summed E-state index contributed by atoms with van der Waals surface area (Å²) in [7, 11) is 0. The lowest BCUT2D eigenvalue weighted by atomic mass is 10.4. The highest BCUT2D eigenvalue weighted by Gasteiger charge is 2.16. The predicted octanol–water partition coefficient (Wildman–Crippen LogP) is 1.84. The molecular formula is C10H11N3O4S. The van der Waals surface area contributed by atoms with Gasteiger partial charge in [-0.1, -0.05) is 22.0 Å². The molecule has 0 saturated heterocycles. The standard InChI is InChI=1S/C10H11N3O4S/c1-3-15-9(14)8-11-12-10(16-8)18-5-7-4-6(2)17-13-7/h4H,3,5H2,1-2H3. The van der Waals surface area contributed by atoms with Gasteiger partial charge >= 0.3 is 11.9 Å². The van der Waals surface area contributed by atoms with Crippen molar-refractivity contribution in [3.05, 3.63) is 23.4 Å². The minimum atomic E-state index is -0.617. The van der Waals surface area contributed by atoms with E-state index < -0.39 is 5.97 Å². The molecule has 0 aromatic carbocycles. The zero-order valence-electron chi connectivity index (χ0n) is 9.87. The van der Waals surface area contributed by atoms with Crippen LogP contribution < -0.4 is 0 Å². The van der Waals surface area contributed by atoms with Crippen LogP contribution >= 0.6 is 11.8 Å². The van der Waals surface area contributed by atoms with Gasteiger partial charge < -0.3 is 13.7 Å². The Labute approximate surface area is 107 Å². The Morgan fingerprint density at radius 1 is 1.50 bits per heavy atom. The number of esters is 1. The Morgan fingerprint density at radius 3 is 3.00 bits per heavy atom. The summed E-state index contributed by atoms with van der Waals surface area (Å²) in [6.07, 6.45) is 0. The average molecular weight is 269 g/mol. The number of aryl methyl sites for hydroxylation is 1. The summed E-state index contributed by atoms with van der Waals surface area (Å²) in [5, 5.41) is 11.4. The number of carbonyl (C=O) groups is 1. The van der Waals surface area contributed by atoms with Crippen LogP contribution in [0.25, 0.3) is 0 Å². The van der Waals surface area contributed by atoms with Crippen molar-refractivity contribution in [3.8, 4) is 0 Å². The Kier molecular flexibility index (Phi) is 3.98. The van der Waals surface area contributed by atoms with E-state index in [1.807, 2.05) is 13.0 Å². The first-order valence-corrected chi connectivity index (χ1v) is 6.23. The van der Waals surface area contributed by atoms with Crippen LogP contribution in [-0.4, -0.2) is 27.9 Å². The smallest absolute Gasteiger partial charge is 0.396 e. The van der Waals surface area contributed by atoms with Crippen molar-refractivity contribution in [1.82, 2.24) is 15.4 Å². The molecule has 0 aliphatic heterocycles. The molecule has 7 nitrogen and oxygen atoms in total. The van der Waals surface area contributed by atoms with Gasteiger partial charge in [0.2, 0.25) is 0 Å². The van der Waals surface area contributed by atoms with Crippen LogP contribution in [0, 0.1) is 6.92 Å². The summed E-state index contributed by atoms with van der Waals surface area (Å²) in [6, 6.07) is 1.82. The first kappa shape index (κ1) is 12.6. The highest BCUT2D eigenvalue weighted by atomic mass is 32.2. The lowest BCUT2D eigenvalue weighted by Crippen LogP contribution is -2.04. The van der Waals surface area contributed by atoms with Crippen molar-refractivity contribution in [1.29, 1.82) is 0 Å². The van der Waals surface area contributed by atoms with Gasteiger partial charge in [-0.25, -0.2) is 4.79 Å². The third kappa shape index (κ3) is 3.10. The number of thioether (sulfide) groups is 1. The van der Waals surface area contributed by atoms with Crippen molar-refractivity contribution in [2.75, 3.05) is 6.61 Å². The summed E-state index contributed by atoms with van der Waals surface area (Å²) in [5.41, 5.74) is 0.772. The molecule has 0 unspecified atom stereocenters. The third-order valence-corrected chi connectivity index (χ3v) is 2.73. The molecule has 0 bridgehead atoms. The van der Waals surface area contributed by atoms with E-state index in [4.69, 9.17) is 13.7 Å². The van der Waals surface area contributed by atoms with Gasteiger partial charge in [0.15, 0.2) is 0 Å². The van der Waals surface area contributed by atoms with Gasteiger partial charge in [0.1, 0.15) is 5.76 Å². The fraction of sp³-hybridized carbons (Fsp3) is 0.400. The molecule has 0 N–H and O–H groups in total. The molecule has 0 radical (unpaired) electrons. The van der Waals surface area contributed by atoms with Crippen LogP contribution in [0.15, 0.2) is 20.2 Å². The number of ether oxygens (including phenoxy) is 1. The largest absolute Gasteiger partial charge is 0.459 e. The number of aromatic nitrogens is 3. The van der Waals surface area contributed by atoms with E-state index in [1.54, 1.807) is 6.92 Å². The molecule has 18 heavy (non-hydrogen) atoms. The van der Waals surface area contributed by atoms with Crippen LogP contribution in [0.4, 0.5) is 0 Å². The number of carbonyl (C=O) groups excluding carboxylic acids is 1. The van der Waals surface area contributed by atoms with Crippen molar-refractivity contribution in [3.63, 3.8) is 0 Å². The normalized spacial score (nSPS) is 10.6. The Morgan fingerprint density at radius 2 is 2.33 bits per heavy atom. The third-order valence-electron chi connectivity index (χ3n) is 1.88. The molecule has 2 aromatic rings. The van der Waals surface area contributed by atoms with Crippen LogP contribution in [-0.2, 0) is 10.5 Å². The monoisotopic (exact) mass is 269 g/mol. The molecule has 2 rings (SSSR count). The van der Waals surface area contributed by atoms with Gasteiger partial charge in [-0.15, -0.1) is 5.10 Å². The molecule has 0 atom stereocenters. The van der Waals surface area contributed by atoms with Crippen LogP contribution in [0.5, 0.6) is 0 Å². The maximum atomic E-state index is 11.3. The van der Waals surface area contributed by atoms with Crippen molar-refractivity contribution < 1.29 is 18.5 Å². The number of nitrogens with zero attached hydrogens (tertiary/aromatic N) is 3. The summed E-state index contributed by atoms with van der Waals surface area (Å²) in [5.74, 6) is 0.509. The average Bonchev–Trinajstić information content (AvgIpc) is 2.95. The SMILES string of the molecule is CCOC(=O)c1nnc(SCc2cc(C)on2)o1. The van der Waals surface area contributed by atoms with Crippen LogP contribution in [0.1, 0.15) is 29.1 Å². The minimum Gasteiger partial charge on any atom is -0.459 e. The summed E-state index contributed by atoms with van der Waals surface area (Å²) in [4.78, 5) is 11.3. The lowest BCUT2D eigenvalue weighted by molar-refractivity contribution is 0.0475. The summed E-state index contributed by atoms with van der Waals surface area (Å²) in [6.45, 7) is 3.78. The maximum Gasteiger partial charge on any atom is 0.396 e. The van der Waals surface area contributed by atoms with Crippen LogP contribution in [0.3, 0.4) is 0 Å². The molecule has 2 heterocycles. The van der Waals surface area contributed by atoms with Gasteiger partial charge in [-0.3, -0.25) is 0 Å². The second-order valence-electron chi connectivity index (χ2n) is 3.31. The van der Waals surface area contributed by atoms with Gasteiger partial charge in [-0.05, 0) is 13.8 Å². The molecule has 2 aromatic heterocycles. The first-order valence-electron chi connectivity index (χ1n) is 5.24. The second kappa shape index (κ2) is 5.67. The van der Waals surface area contributed by atoms with E-state index in [2.05, 4.69) is 15.4 Å². The van der Waals surface area contributed by atoms with Crippen molar-refractivity contribution in [2.24, 2.45) is 0 Å². The Hall–Kier alpha value is -1.83. The van der Waals surface area contributed by atoms with Gasteiger partial charge in [0.05, 0.1) is 12.3 Å². The van der Waals surface area contributed by atoms with E-state index in [-0.39, 0.29) is 12.5 Å². The maximum absolute atomic E-state index is 11.3.